The van der Waals surface area contributed by atoms with Gasteiger partial charge in [0.2, 0.25) is 0 Å². The van der Waals surface area contributed by atoms with E-state index in [0.29, 0.717) is 0 Å². The molecule has 0 spiro atoms. The number of para-hydroxylation sites is 1. The fourth-order valence-corrected chi connectivity index (χ4v) is 7.01. The topological polar surface area (TPSA) is 129 Å². The van der Waals surface area contributed by atoms with Crippen molar-refractivity contribution in [2.75, 3.05) is 19.8 Å². The van der Waals surface area contributed by atoms with Crippen molar-refractivity contribution in [3.05, 3.63) is 58.7 Å². The molecule has 42 heavy (non-hydrogen) atoms. The van der Waals surface area contributed by atoms with Crippen molar-refractivity contribution in [1.29, 1.82) is 0 Å². The molecule has 234 valence electrons. The summed E-state index contributed by atoms with van der Waals surface area (Å²) < 4.78 is 41.3. The minimum absolute atomic E-state index is 0.0577. The van der Waals surface area contributed by atoms with Crippen molar-refractivity contribution in [2.24, 2.45) is 5.92 Å². The molecule has 2 aliphatic rings. The standard InChI is InChI=1S/C29H45N3O8SSi/c1-10-17-38-32(41(36,37)26-14-12-11-13-24(26)31(34)35)25-19-30(27(33)40-28(2,3)4)22(18-23(25)21-15-16-21)20-39-42(8,9)29(5,6)7/h10-14,18,21-22,25H,1,15-17,19-20H2,2-9H3. The van der Waals surface area contributed by atoms with E-state index in [1.807, 2.05) is 6.08 Å². The van der Waals surface area contributed by atoms with Gasteiger partial charge in [-0.25, -0.2) is 13.2 Å². The van der Waals surface area contributed by atoms with Gasteiger partial charge in [0.25, 0.3) is 15.7 Å². The number of hydrogen-bond donors (Lipinski definition) is 0. The van der Waals surface area contributed by atoms with Gasteiger partial charge >= 0.3 is 6.09 Å². The first-order valence-corrected chi connectivity index (χ1v) is 18.5. The molecule has 1 aromatic carbocycles. The van der Waals surface area contributed by atoms with Crippen molar-refractivity contribution in [3.63, 3.8) is 0 Å². The molecule has 0 radical (unpaired) electrons. The van der Waals surface area contributed by atoms with Crippen LogP contribution in [-0.2, 0) is 24.0 Å². The Kier molecular flexibility index (Phi) is 10.1. The molecule has 3 rings (SSSR count). The molecule has 11 nitrogen and oxygen atoms in total. The predicted octanol–water partition coefficient (Wildman–Crippen LogP) is 6.05. The molecule has 0 N–H and O–H groups in total. The zero-order valence-electron chi connectivity index (χ0n) is 26.0. The Morgan fingerprint density at radius 3 is 2.33 bits per heavy atom. The summed E-state index contributed by atoms with van der Waals surface area (Å²) in [5.74, 6) is 0.0851. The van der Waals surface area contributed by atoms with E-state index < -0.39 is 57.6 Å². The summed E-state index contributed by atoms with van der Waals surface area (Å²) in [6.07, 6.45) is 4.39. The number of amides is 1. The van der Waals surface area contributed by atoms with Crippen molar-refractivity contribution in [3.8, 4) is 0 Å². The lowest BCUT2D eigenvalue weighted by Crippen LogP contribution is -2.57. The minimum Gasteiger partial charge on any atom is -0.444 e. The maximum atomic E-state index is 14.1. The molecule has 1 aliphatic heterocycles. The van der Waals surface area contributed by atoms with Gasteiger partial charge in [-0.2, -0.15) is 0 Å². The van der Waals surface area contributed by atoms with Gasteiger partial charge in [0.05, 0.1) is 30.2 Å². The lowest BCUT2D eigenvalue weighted by atomic mass is 9.95. The van der Waals surface area contributed by atoms with Crippen molar-refractivity contribution in [2.45, 2.75) is 95.1 Å². The summed E-state index contributed by atoms with van der Waals surface area (Å²) in [5.41, 5.74) is -0.569. The van der Waals surface area contributed by atoms with E-state index in [4.69, 9.17) is 14.0 Å². The molecular weight excluding hydrogens is 578 g/mol. The van der Waals surface area contributed by atoms with E-state index in [1.54, 1.807) is 20.8 Å². The number of carbonyl (C=O) groups excluding carboxylic acids is 1. The molecule has 0 saturated heterocycles. The zero-order valence-corrected chi connectivity index (χ0v) is 27.8. The summed E-state index contributed by atoms with van der Waals surface area (Å²) in [4.78, 5) is 31.4. The van der Waals surface area contributed by atoms with E-state index in [0.717, 1.165) is 28.9 Å². The first-order valence-electron chi connectivity index (χ1n) is 14.2. The van der Waals surface area contributed by atoms with Gasteiger partial charge in [0.1, 0.15) is 5.60 Å². The van der Waals surface area contributed by atoms with Crippen LogP contribution in [0.15, 0.2) is 53.5 Å². The lowest BCUT2D eigenvalue weighted by molar-refractivity contribution is -0.388. The van der Waals surface area contributed by atoms with Gasteiger partial charge in [-0.15, -0.1) is 6.58 Å². The number of nitro groups is 1. The summed E-state index contributed by atoms with van der Waals surface area (Å²) in [7, 11) is -6.76. The molecule has 2 unspecified atom stereocenters. The second kappa shape index (κ2) is 12.6. The number of nitrogens with zero attached hydrogens (tertiary/aromatic N) is 3. The normalized spacial score (nSPS) is 20.3. The summed E-state index contributed by atoms with van der Waals surface area (Å²) in [5, 5.41) is 11.7. The number of hydroxylamine groups is 1. The number of nitro benzene ring substituents is 1. The predicted molar refractivity (Wildman–Crippen MR) is 163 cm³/mol. The average Bonchev–Trinajstić information content (AvgIpc) is 3.71. The number of ether oxygens (including phenoxy) is 1. The fraction of sp³-hybridized carbons (Fsp3) is 0.621. The highest BCUT2D eigenvalue weighted by atomic mass is 32.2. The Bertz CT molecular complexity index is 1310. The molecule has 1 fully saturated rings. The maximum Gasteiger partial charge on any atom is 0.410 e. The van der Waals surface area contributed by atoms with Crippen molar-refractivity contribution in [1.82, 2.24) is 9.37 Å². The van der Waals surface area contributed by atoms with E-state index >= 15 is 0 Å². The number of benzene rings is 1. The zero-order chi connectivity index (χ0) is 31.7. The quantitative estimate of drug-likeness (QED) is 0.126. The molecule has 1 aliphatic carbocycles. The van der Waals surface area contributed by atoms with E-state index in [9.17, 15) is 23.3 Å². The summed E-state index contributed by atoms with van der Waals surface area (Å²) in [6.45, 7) is 19.6. The van der Waals surface area contributed by atoms with E-state index in [1.165, 1.54) is 29.2 Å². The van der Waals surface area contributed by atoms with E-state index in [-0.39, 0.29) is 30.7 Å². The third kappa shape index (κ3) is 7.87. The molecule has 13 heteroatoms. The Labute approximate surface area is 250 Å². The maximum absolute atomic E-state index is 14.1. The smallest absolute Gasteiger partial charge is 0.410 e. The highest BCUT2D eigenvalue weighted by molar-refractivity contribution is 7.89. The molecule has 2 atom stereocenters. The second-order valence-electron chi connectivity index (χ2n) is 13.3. The number of sulfonamides is 1. The van der Waals surface area contributed by atoms with Gasteiger partial charge < -0.3 is 9.16 Å². The molecule has 1 aromatic rings. The second-order valence-corrected chi connectivity index (χ2v) is 19.9. The summed E-state index contributed by atoms with van der Waals surface area (Å²) >= 11 is 0. The number of rotatable bonds is 11. The van der Waals surface area contributed by atoms with Crippen LogP contribution >= 0.6 is 0 Å². The molecule has 1 amide bonds. The van der Waals surface area contributed by atoms with Crippen LogP contribution in [0, 0.1) is 16.0 Å². The lowest BCUT2D eigenvalue weighted by Gasteiger charge is -2.44. The van der Waals surface area contributed by atoms with Gasteiger partial charge in [-0.1, -0.05) is 49.5 Å². The average molecular weight is 624 g/mol. The third-order valence-electron chi connectivity index (χ3n) is 7.79. The third-order valence-corrected chi connectivity index (χ3v) is 14.0. The van der Waals surface area contributed by atoms with E-state index in [2.05, 4.69) is 40.4 Å². The molecular formula is C29H45N3O8SSi. The van der Waals surface area contributed by atoms with Crippen molar-refractivity contribution >= 4 is 30.1 Å². The highest BCUT2D eigenvalue weighted by Crippen LogP contribution is 2.44. The van der Waals surface area contributed by atoms with Crippen LogP contribution in [0.5, 0.6) is 0 Å². The van der Waals surface area contributed by atoms with Crippen LogP contribution < -0.4 is 0 Å². The Balaban J connectivity index is 2.13. The number of hydrogen-bond acceptors (Lipinski definition) is 8. The van der Waals surface area contributed by atoms with Gasteiger partial charge in [-0.3, -0.25) is 19.9 Å². The van der Waals surface area contributed by atoms with Crippen LogP contribution in [0.1, 0.15) is 54.4 Å². The van der Waals surface area contributed by atoms with Crippen LogP contribution in [0.25, 0.3) is 0 Å². The van der Waals surface area contributed by atoms with Crippen LogP contribution in [-0.4, -0.2) is 74.6 Å². The Morgan fingerprint density at radius 2 is 1.81 bits per heavy atom. The van der Waals surface area contributed by atoms with Crippen molar-refractivity contribution < 1.29 is 32.1 Å². The first kappa shape index (κ1) is 33.9. The molecule has 0 bridgehead atoms. The molecule has 1 heterocycles. The first-order chi connectivity index (χ1) is 19.3. The SMILES string of the molecule is C=CCON(C1CN(C(=O)OC(C)(C)C)C(CO[Si](C)(C)C(C)(C)C)C=C1C1CC1)S(=O)(=O)c1ccccc1[N+](=O)[O-]. The van der Waals surface area contributed by atoms with Crippen LogP contribution in [0.4, 0.5) is 10.5 Å². The van der Waals surface area contributed by atoms with Gasteiger partial charge in [0, 0.05) is 12.6 Å². The number of carbonyl (C=O) groups is 1. The Morgan fingerprint density at radius 1 is 1.19 bits per heavy atom. The van der Waals surface area contributed by atoms with Crippen LogP contribution in [0.3, 0.4) is 0 Å². The summed E-state index contributed by atoms with van der Waals surface area (Å²) in [6, 6.07) is 3.70. The molecule has 1 saturated carbocycles. The minimum atomic E-state index is -4.57. The van der Waals surface area contributed by atoms with Gasteiger partial charge in [0.15, 0.2) is 13.2 Å². The molecule has 0 aromatic heterocycles. The monoisotopic (exact) mass is 623 g/mol. The fourth-order valence-electron chi connectivity index (χ4n) is 4.42. The van der Waals surface area contributed by atoms with Crippen LogP contribution in [0.2, 0.25) is 18.1 Å². The van der Waals surface area contributed by atoms with Gasteiger partial charge in [-0.05, 0) is 69.3 Å². The highest BCUT2D eigenvalue weighted by Gasteiger charge is 2.48. The Hall–Kier alpha value is -2.58. The largest absolute Gasteiger partial charge is 0.444 e.